The van der Waals surface area contributed by atoms with Crippen LogP contribution in [0.3, 0.4) is 0 Å². The van der Waals surface area contributed by atoms with Crippen molar-refractivity contribution in [2.24, 2.45) is 0 Å². The molecule has 1 unspecified atom stereocenters. The van der Waals surface area contributed by atoms with E-state index in [1.807, 2.05) is 0 Å². The van der Waals surface area contributed by atoms with E-state index in [1.54, 1.807) is 17.8 Å². The molecule has 2 rings (SSSR count). The van der Waals surface area contributed by atoms with Gasteiger partial charge in [-0.05, 0) is 31.0 Å². The van der Waals surface area contributed by atoms with Gasteiger partial charge in [-0.15, -0.1) is 0 Å². The zero-order valence-electron chi connectivity index (χ0n) is 10.7. The van der Waals surface area contributed by atoms with Crippen LogP contribution in [0.25, 0.3) is 0 Å². The number of piperidine rings is 1. The standard InChI is InChI=1S/C14H18F3NS/c15-14(16,17)12-5-3-4-11(8-12)9-19-10-13-6-1-2-7-18-13/h3-5,8,13,18H,1-2,6-7,9-10H2. The second-order valence-electron chi connectivity index (χ2n) is 4.86. The van der Waals surface area contributed by atoms with Gasteiger partial charge in [-0.1, -0.05) is 24.6 Å². The van der Waals surface area contributed by atoms with Gasteiger partial charge in [0.05, 0.1) is 5.56 Å². The predicted octanol–water partition coefficient (Wildman–Crippen LogP) is 4.08. The van der Waals surface area contributed by atoms with Crippen LogP contribution in [-0.2, 0) is 11.9 Å². The monoisotopic (exact) mass is 289 g/mol. The molecule has 19 heavy (non-hydrogen) atoms. The van der Waals surface area contributed by atoms with Crippen LogP contribution >= 0.6 is 11.8 Å². The molecule has 0 aromatic heterocycles. The van der Waals surface area contributed by atoms with Crippen molar-refractivity contribution in [2.45, 2.75) is 37.2 Å². The van der Waals surface area contributed by atoms with E-state index >= 15 is 0 Å². The molecule has 0 spiro atoms. The largest absolute Gasteiger partial charge is 0.416 e. The van der Waals surface area contributed by atoms with Crippen molar-refractivity contribution in [1.82, 2.24) is 5.32 Å². The van der Waals surface area contributed by atoms with E-state index < -0.39 is 11.7 Å². The minimum Gasteiger partial charge on any atom is -0.313 e. The predicted molar refractivity (Wildman–Crippen MR) is 73.2 cm³/mol. The topological polar surface area (TPSA) is 12.0 Å². The van der Waals surface area contributed by atoms with Crippen molar-refractivity contribution in [3.05, 3.63) is 35.4 Å². The molecule has 1 aliphatic rings. The maximum Gasteiger partial charge on any atom is 0.416 e. The quantitative estimate of drug-likeness (QED) is 0.896. The van der Waals surface area contributed by atoms with Crippen LogP contribution in [0, 0.1) is 0 Å². The number of nitrogens with one attached hydrogen (secondary N) is 1. The highest BCUT2D eigenvalue weighted by molar-refractivity contribution is 7.98. The number of thioether (sulfide) groups is 1. The van der Waals surface area contributed by atoms with Crippen LogP contribution in [0.15, 0.2) is 24.3 Å². The van der Waals surface area contributed by atoms with Crippen LogP contribution in [0.2, 0.25) is 0 Å². The van der Waals surface area contributed by atoms with Crippen LogP contribution < -0.4 is 5.32 Å². The van der Waals surface area contributed by atoms with Crippen LogP contribution in [0.1, 0.15) is 30.4 Å². The highest BCUT2D eigenvalue weighted by atomic mass is 32.2. The first-order chi connectivity index (χ1) is 9.05. The number of rotatable bonds is 4. The van der Waals surface area contributed by atoms with E-state index in [-0.39, 0.29) is 0 Å². The minimum atomic E-state index is -4.24. The van der Waals surface area contributed by atoms with E-state index in [0.717, 1.165) is 23.9 Å². The molecule has 1 saturated heterocycles. The Balaban J connectivity index is 1.82. The van der Waals surface area contributed by atoms with E-state index in [4.69, 9.17) is 0 Å². The average molecular weight is 289 g/mol. The summed E-state index contributed by atoms with van der Waals surface area (Å²) in [6.07, 6.45) is -0.586. The molecule has 0 saturated carbocycles. The summed E-state index contributed by atoms with van der Waals surface area (Å²) in [4.78, 5) is 0. The number of hydrogen-bond donors (Lipinski definition) is 1. The number of alkyl halides is 3. The Morgan fingerprint density at radius 2 is 2.11 bits per heavy atom. The van der Waals surface area contributed by atoms with Crippen molar-refractivity contribution >= 4 is 11.8 Å². The molecule has 1 fully saturated rings. The molecule has 1 nitrogen and oxygen atoms in total. The van der Waals surface area contributed by atoms with Gasteiger partial charge in [-0.3, -0.25) is 0 Å². The van der Waals surface area contributed by atoms with Gasteiger partial charge in [-0.2, -0.15) is 24.9 Å². The fourth-order valence-corrected chi connectivity index (χ4v) is 3.32. The second kappa shape index (κ2) is 6.66. The fourth-order valence-electron chi connectivity index (χ4n) is 2.22. The Bertz CT molecular complexity index is 400. The third-order valence-corrected chi connectivity index (χ3v) is 4.43. The molecule has 1 aromatic rings. The maximum atomic E-state index is 12.6. The first kappa shape index (κ1) is 14.7. The Morgan fingerprint density at radius 3 is 2.79 bits per heavy atom. The minimum absolute atomic E-state index is 0.518. The lowest BCUT2D eigenvalue weighted by Crippen LogP contribution is -2.35. The zero-order chi connectivity index (χ0) is 13.7. The first-order valence-corrected chi connectivity index (χ1v) is 7.68. The smallest absolute Gasteiger partial charge is 0.313 e. The van der Waals surface area contributed by atoms with Crippen molar-refractivity contribution in [2.75, 3.05) is 12.3 Å². The Kier molecular flexibility index (Phi) is 5.16. The Hall–Kier alpha value is -0.680. The normalized spacial score (nSPS) is 20.5. The summed E-state index contributed by atoms with van der Waals surface area (Å²) in [5, 5.41) is 3.44. The fraction of sp³-hybridized carbons (Fsp3) is 0.571. The maximum absolute atomic E-state index is 12.6. The van der Waals surface area contributed by atoms with Gasteiger partial charge in [0.15, 0.2) is 0 Å². The summed E-state index contributed by atoms with van der Waals surface area (Å²) in [5.41, 5.74) is 0.192. The molecule has 1 N–H and O–H groups in total. The van der Waals surface area contributed by atoms with Gasteiger partial charge >= 0.3 is 6.18 Å². The van der Waals surface area contributed by atoms with Crippen LogP contribution in [0.4, 0.5) is 13.2 Å². The molecule has 106 valence electrons. The van der Waals surface area contributed by atoms with Gasteiger partial charge in [0.25, 0.3) is 0 Å². The van der Waals surface area contributed by atoms with Crippen molar-refractivity contribution in [1.29, 1.82) is 0 Å². The third-order valence-electron chi connectivity index (χ3n) is 3.25. The van der Waals surface area contributed by atoms with Gasteiger partial charge in [-0.25, -0.2) is 0 Å². The van der Waals surface area contributed by atoms with Gasteiger partial charge in [0.1, 0.15) is 0 Å². The summed E-state index contributed by atoms with van der Waals surface area (Å²) in [6.45, 7) is 1.06. The summed E-state index contributed by atoms with van der Waals surface area (Å²) in [7, 11) is 0. The summed E-state index contributed by atoms with van der Waals surface area (Å²) >= 11 is 1.70. The molecule has 0 amide bonds. The van der Waals surface area contributed by atoms with Gasteiger partial charge < -0.3 is 5.32 Å². The number of halogens is 3. The SMILES string of the molecule is FC(F)(F)c1cccc(CSCC2CCCCN2)c1. The average Bonchev–Trinajstić information content (AvgIpc) is 2.39. The summed E-state index contributed by atoms with van der Waals surface area (Å²) < 4.78 is 37.7. The molecule has 0 aliphatic carbocycles. The van der Waals surface area contributed by atoms with E-state index in [2.05, 4.69) is 5.32 Å². The first-order valence-electron chi connectivity index (χ1n) is 6.53. The zero-order valence-corrected chi connectivity index (χ0v) is 11.5. The molecular weight excluding hydrogens is 271 g/mol. The van der Waals surface area contributed by atoms with Crippen molar-refractivity contribution < 1.29 is 13.2 Å². The van der Waals surface area contributed by atoms with Gasteiger partial charge in [0.2, 0.25) is 0 Å². The number of benzene rings is 1. The van der Waals surface area contributed by atoms with E-state index in [0.29, 0.717) is 11.8 Å². The molecule has 0 radical (unpaired) electrons. The second-order valence-corrected chi connectivity index (χ2v) is 5.89. The van der Waals surface area contributed by atoms with Crippen LogP contribution in [-0.4, -0.2) is 18.3 Å². The molecule has 1 atom stereocenters. The Morgan fingerprint density at radius 1 is 1.26 bits per heavy atom. The van der Waals surface area contributed by atoms with Crippen molar-refractivity contribution in [3.8, 4) is 0 Å². The third kappa shape index (κ3) is 4.73. The van der Waals surface area contributed by atoms with E-state index in [9.17, 15) is 13.2 Å². The highest BCUT2D eigenvalue weighted by Crippen LogP contribution is 2.30. The summed E-state index contributed by atoms with van der Waals surface area (Å²) in [5.74, 6) is 1.61. The lowest BCUT2D eigenvalue weighted by atomic mass is 10.1. The van der Waals surface area contributed by atoms with Crippen molar-refractivity contribution in [3.63, 3.8) is 0 Å². The Labute approximate surface area is 116 Å². The summed E-state index contributed by atoms with van der Waals surface area (Å²) in [6, 6.07) is 6.14. The molecular formula is C14H18F3NS. The molecule has 0 bridgehead atoms. The molecule has 1 heterocycles. The molecule has 5 heteroatoms. The molecule has 1 aliphatic heterocycles. The number of hydrogen-bond acceptors (Lipinski definition) is 2. The van der Waals surface area contributed by atoms with Gasteiger partial charge in [0, 0.05) is 17.5 Å². The molecule has 1 aromatic carbocycles. The lowest BCUT2D eigenvalue weighted by molar-refractivity contribution is -0.137. The highest BCUT2D eigenvalue weighted by Gasteiger charge is 2.30. The lowest BCUT2D eigenvalue weighted by Gasteiger charge is -2.23. The van der Waals surface area contributed by atoms with E-state index in [1.165, 1.54) is 31.4 Å². The van der Waals surface area contributed by atoms with Crippen LogP contribution in [0.5, 0.6) is 0 Å².